The van der Waals surface area contributed by atoms with Crippen molar-refractivity contribution in [3.8, 4) is 11.8 Å². The van der Waals surface area contributed by atoms with Crippen LogP contribution in [0.15, 0.2) is 0 Å². The van der Waals surface area contributed by atoms with Gasteiger partial charge in [-0.1, -0.05) is 6.92 Å². The Morgan fingerprint density at radius 1 is 1.41 bits per heavy atom. The zero-order valence-corrected chi connectivity index (χ0v) is 11.6. The molecule has 0 radical (unpaired) electrons. The van der Waals surface area contributed by atoms with Gasteiger partial charge in [-0.2, -0.15) is 0 Å². The van der Waals surface area contributed by atoms with Crippen LogP contribution >= 0.6 is 0 Å². The van der Waals surface area contributed by atoms with E-state index in [-0.39, 0.29) is 5.60 Å². The van der Waals surface area contributed by atoms with E-state index in [0.29, 0.717) is 6.04 Å². The van der Waals surface area contributed by atoms with Gasteiger partial charge in [-0.25, -0.2) is 0 Å². The summed E-state index contributed by atoms with van der Waals surface area (Å²) >= 11 is 0. The molecule has 0 aromatic rings. The van der Waals surface area contributed by atoms with E-state index in [1.165, 1.54) is 25.7 Å². The van der Waals surface area contributed by atoms with Crippen molar-refractivity contribution in [3.05, 3.63) is 0 Å². The van der Waals surface area contributed by atoms with Crippen LogP contribution in [0.1, 0.15) is 59.3 Å². The third kappa shape index (κ3) is 4.69. The highest BCUT2D eigenvalue weighted by Crippen LogP contribution is 2.29. The molecule has 2 nitrogen and oxygen atoms in total. The van der Waals surface area contributed by atoms with Crippen LogP contribution < -0.4 is 5.32 Å². The van der Waals surface area contributed by atoms with Crippen LogP contribution in [0, 0.1) is 11.8 Å². The van der Waals surface area contributed by atoms with Gasteiger partial charge in [-0.3, -0.25) is 0 Å². The normalized spacial score (nSPS) is 26.1. The van der Waals surface area contributed by atoms with Gasteiger partial charge in [0.05, 0.1) is 5.60 Å². The van der Waals surface area contributed by atoms with Gasteiger partial charge in [0.2, 0.25) is 0 Å². The van der Waals surface area contributed by atoms with Crippen molar-refractivity contribution in [1.29, 1.82) is 0 Å². The molecule has 0 bridgehead atoms. The molecule has 0 saturated carbocycles. The largest absolute Gasteiger partial charge is 0.374 e. The Morgan fingerprint density at radius 3 is 2.82 bits per heavy atom. The Morgan fingerprint density at radius 2 is 2.24 bits per heavy atom. The molecule has 1 aliphatic heterocycles. The van der Waals surface area contributed by atoms with Gasteiger partial charge in [0.25, 0.3) is 0 Å². The SMILES string of the molecule is CC#CCCC(NCCC)C1(C)CCCCO1. The molecule has 1 saturated heterocycles. The van der Waals surface area contributed by atoms with Gasteiger partial charge < -0.3 is 10.1 Å². The fourth-order valence-electron chi connectivity index (χ4n) is 2.51. The average Bonchev–Trinajstić information content (AvgIpc) is 2.34. The maximum Gasteiger partial charge on any atom is 0.0807 e. The van der Waals surface area contributed by atoms with E-state index in [2.05, 4.69) is 31.0 Å². The first-order chi connectivity index (χ1) is 8.23. The van der Waals surface area contributed by atoms with Crippen LogP contribution in [0.5, 0.6) is 0 Å². The van der Waals surface area contributed by atoms with Crippen molar-refractivity contribution in [3.63, 3.8) is 0 Å². The summed E-state index contributed by atoms with van der Waals surface area (Å²) in [5.74, 6) is 6.14. The number of hydrogen-bond acceptors (Lipinski definition) is 2. The lowest BCUT2D eigenvalue weighted by molar-refractivity contribution is -0.0897. The summed E-state index contributed by atoms with van der Waals surface area (Å²) in [5.41, 5.74) is 0.0167. The van der Waals surface area contributed by atoms with Crippen LogP contribution in [-0.2, 0) is 4.74 Å². The van der Waals surface area contributed by atoms with Crippen molar-refractivity contribution in [2.75, 3.05) is 13.2 Å². The van der Waals surface area contributed by atoms with Crippen LogP contribution in [0.2, 0.25) is 0 Å². The molecule has 0 amide bonds. The summed E-state index contributed by atoms with van der Waals surface area (Å²) in [4.78, 5) is 0. The minimum Gasteiger partial charge on any atom is -0.374 e. The van der Waals surface area contributed by atoms with Crippen LogP contribution in [0.4, 0.5) is 0 Å². The molecule has 0 aromatic carbocycles. The Bertz CT molecular complexity index is 258. The summed E-state index contributed by atoms with van der Waals surface area (Å²) in [6.07, 6.45) is 6.92. The zero-order chi connectivity index (χ0) is 12.6. The van der Waals surface area contributed by atoms with Crippen molar-refractivity contribution < 1.29 is 4.74 Å². The topological polar surface area (TPSA) is 21.3 Å². The Hall–Kier alpha value is -0.520. The predicted molar refractivity (Wildman–Crippen MR) is 73.0 cm³/mol. The molecular weight excluding hydrogens is 210 g/mol. The first-order valence-electron chi connectivity index (χ1n) is 7.00. The second-order valence-electron chi connectivity index (χ2n) is 5.09. The average molecular weight is 237 g/mol. The number of hydrogen-bond donors (Lipinski definition) is 1. The van der Waals surface area contributed by atoms with Gasteiger partial charge in [-0.15, -0.1) is 11.8 Å². The molecule has 1 fully saturated rings. The van der Waals surface area contributed by atoms with Crippen LogP contribution in [0.3, 0.4) is 0 Å². The highest BCUT2D eigenvalue weighted by Gasteiger charge is 2.35. The van der Waals surface area contributed by atoms with Crippen molar-refractivity contribution in [2.24, 2.45) is 0 Å². The van der Waals surface area contributed by atoms with Crippen molar-refractivity contribution in [1.82, 2.24) is 5.32 Å². The maximum atomic E-state index is 6.04. The van der Waals surface area contributed by atoms with E-state index in [4.69, 9.17) is 4.74 Å². The lowest BCUT2D eigenvalue weighted by Gasteiger charge is -2.41. The lowest BCUT2D eigenvalue weighted by Crippen LogP contribution is -2.52. The molecule has 2 atom stereocenters. The molecule has 1 N–H and O–H groups in total. The van der Waals surface area contributed by atoms with Crippen LogP contribution in [0.25, 0.3) is 0 Å². The molecule has 0 spiro atoms. The smallest absolute Gasteiger partial charge is 0.0807 e. The monoisotopic (exact) mass is 237 g/mol. The third-order valence-electron chi connectivity index (χ3n) is 3.61. The molecule has 17 heavy (non-hydrogen) atoms. The third-order valence-corrected chi connectivity index (χ3v) is 3.61. The Balaban J connectivity index is 2.54. The predicted octanol–water partition coefficient (Wildman–Crippen LogP) is 3.12. The zero-order valence-electron chi connectivity index (χ0n) is 11.6. The molecule has 0 aliphatic carbocycles. The molecular formula is C15H27NO. The minimum absolute atomic E-state index is 0.0167. The fraction of sp³-hybridized carbons (Fsp3) is 0.867. The van der Waals surface area contributed by atoms with E-state index in [1.54, 1.807) is 0 Å². The Kier molecular flexibility index (Phi) is 6.62. The van der Waals surface area contributed by atoms with Gasteiger partial charge in [-0.05, 0) is 52.5 Å². The van der Waals surface area contributed by atoms with E-state index in [0.717, 1.165) is 26.0 Å². The van der Waals surface area contributed by atoms with Gasteiger partial charge in [0.15, 0.2) is 0 Å². The second-order valence-corrected chi connectivity index (χ2v) is 5.09. The van der Waals surface area contributed by atoms with Crippen molar-refractivity contribution >= 4 is 0 Å². The molecule has 1 heterocycles. The second kappa shape index (κ2) is 7.74. The Labute approximate surface area is 107 Å². The van der Waals surface area contributed by atoms with E-state index >= 15 is 0 Å². The minimum atomic E-state index is 0.0167. The van der Waals surface area contributed by atoms with E-state index in [1.807, 2.05) is 6.92 Å². The summed E-state index contributed by atoms with van der Waals surface area (Å²) in [6.45, 7) is 8.37. The standard InChI is InChI=1S/C15H27NO/c1-4-6-7-10-14(16-12-5-2)15(3)11-8-9-13-17-15/h14,16H,5,7-13H2,1-3H3. The van der Waals surface area contributed by atoms with Gasteiger partial charge in [0, 0.05) is 19.1 Å². The molecule has 2 heteroatoms. The van der Waals surface area contributed by atoms with Gasteiger partial charge in [0.1, 0.15) is 0 Å². The van der Waals surface area contributed by atoms with Crippen molar-refractivity contribution in [2.45, 2.75) is 70.9 Å². The molecule has 2 unspecified atom stereocenters. The highest BCUT2D eigenvalue weighted by molar-refractivity contribution is 4.99. The number of nitrogens with one attached hydrogen (secondary N) is 1. The van der Waals surface area contributed by atoms with Gasteiger partial charge >= 0.3 is 0 Å². The van der Waals surface area contributed by atoms with E-state index in [9.17, 15) is 0 Å². The molecule has 98 valence electrons. The summed E-state index contributed by atoms with van der Waals surface area (Å²) in [7, 11) is 0. The quantitative estimate of drug-likeness (QED) is 0.717. The van der Waals surface area contributed by atoms with Crippen LogP contribution in [-0.4, -0.2) is 24.8 Å². The first-order valence-corrected chi connectivity index (χ1v) is 7.00. The highest BCUT2D eigenvalue weighted by atomic mass is 16.5. The molecule has 1 aliphatic rings. The summed E-state index contributed by atoms with van der Waals surface area (Å²) < 4.78 is 6.04. The summed E-state index contributed by atoms with van der Waals surface area (Å²) in [6, 6.07) is 0.448. The number of rotatable bonds is 6. The summed E-state index contributed by atoms with van der Waals surface area (Å²) in [5, 5.41) is 3.65. The first kappa shape index (κ1) is 14.5. The van der Waals surface area contributed by atoms with E-state index < -0.39 is 0 Å². The number of ether oxygens (including phenoxy) is 1. The maximum absolute atomic E-state index is 6.04. The molecule has 1 rings (SSSR count). The molecule has 0 aromatic heterocycles. The fourth-order valence-corrected chi connectivity index (χ4v) is 2.51. The lowest BCUT2D eigenvalue weighted by atomic mass is 9.85.